The van der Waals surface area contributed by atoms with Gasteiger partial charge < -0.3 is 24.0 Å². The number of halogens is 2. The van der Waals surface area contributed by atoms with E-state index in [1.807, 2.05) is 0 Å². The van der Waals surface area contributed by atoms with Crippen molar-refractivity contribution in [1.82, 2.24) is 0 Å². The summed E-state index contributed by atoms with van der Waals surface area (Å²) in [5.74, 6) is 0. The molecule has 0 radical (unpaired) electrons. The normalized spacial score (nSPS) is 11.3. The number of allylic oxidation sites excluding steroid dienone is 1. The maximum absolute atomic E-state index is 2.32. The van der Waals surface area contributed by atoms with E-state index in [9.17, 15) is 0 Å². The van der Waals surface area contributed by atoms with Crippen molar-refractivity contribution in [2.45, 2.75) is 12.8 Å². The summed E-state index contributed by atoms with van der Waals surface area (Å²) in [6, 6.07) is 33.4. The first-order valence-corrected chi connectivity index (χ1v) is 11.9. The van der Waals surface area contributed by atoms with Crippen molar-refractivity contribution in [2.24, 2.45) is 0 Å². The zero-order valence-corrected chi connectivity index (χ0v) is 19.8. The van der Waals surface area contributed by atoms with Crippen molar-refractivity contribution in [3.63, 3.8) is 0 Å². The highest BCUT2D eigenvalue weighted by Gasteiger charge is 2.44. The van der Waals surface area contributed by atoms with Crippen LogP contribution in [0, 0.1) is 0 Å². The first-order chi connectivity index (χ1) is 12.4. The molecule has 0 amide bonds. The Morgan fingerprint density at radius 1 is 0.654 bits per heavy atom. The average Bonchev–Trinajstić information content (AvgIpc) is 2.70. The van der Waals surface area contributed by atoms with Gasteiger partial charge in [0.05, 0.1) is 6.16 Å². The second-order valence-corrected chi connectivity index (χ2v) is 10.4. The molecule has 134 valence electrons. The van der Waals surface area contributed by atoms with Crippen molar-refractivity contribution < 1.29 is 24.0 Å². The smallest absolute Gasteiger partial charge is 0.112 e. The van der Waals surface area contributed by atoms with Crippen molar-refractivity contribution in [2.75, 3.05) is 6.16 Å². The topological polar surface area (TPSA) is 0 Å². The molecule has 0 N–H and O–H groups in total. The lowest BCUT2D eigenvalue weighted by Crippen LogP contribution is -3.00. The minimum absolute atomic E-state index is 0. The van der Waals surface area contributed by atoms with Gasteiger partial charge in [-0.3, -0.25) is 0 Å². The second-order valence-electron chi connectivity index (χ2n) is 6.04. The number of unbranched alkanes of at least 4 members (excludes halogenated alkanes) is 1. The molecule has 0 nitrogen and oxygen atoms in total. The Bertz CT molecular complexity index is 690. The first-order valence-electron chi connectivity index (χ1n) is 8.68. The predicted octanol–water partition coefficient (Wildman–Crippen LogP) is 2.71. The van der Waals surface area contributed by atoms with Gasteiger partial charge in [0.15, 0.2) is 0 Å². The Balaban J connectivity index is 0.00000243. The van der Waals surface area contributed by atoms with Gasteiger partial charge in [0.2, 0.25) is 0 Å². The number of rotatable bonds is 7. The lowest BCUT2D eigenvalue weighted by atomic mass is 10.3. The number of hydrogen-bond acceptors (Lipinski definition) is 0. The van der Waals surface area contributed by atoms with Gasteiger partial charge in [-0.15, -0.1) is 0 Å². The molecule has 0 bridgehead atoms. The van der Waals surface area contributed by atoms with E-state index in [0.29, 0.717) is 0 Å². The lowest BCUT2D eigenvalue weighted by Gasteiger charge is -2.27. The van der Waals surface area contributed by atoms with Crippen LogP contribution >= 0.6 is 29.9 Å². The van der Waals surface area contributed by atoms with Crippen molar-refractivity contribution in [3.8, 4) is 0 Å². The maximum atomic E-state index is 2.32. The predicted molar refractivity (Wildman–Crippen MR) is 122 cm³/mol. The molecule has 0 saturated heterocycles. The maximum Gasteiger partial charge on any atom is 0.112 e. The molecular weight excluding hydrogens is 557 g/mol. The average molecular weight is 580 g/mol. The number of benzene rings is 3. The van der Waals surface area contributed by atoms with Crippen molar-refractivity contribution >= 4 is 45.8 Å². The van der Waals surface area contributed by atoms with Crippen LogP contribution in [0.1, 0.15) is 12.8 Å². The molecule has 0 aliphatic carbocycles. The fourth-order valence-corrected chi connectivity index (χ4v) is 8.12. The Labute approximate surface area is 188 Å². The summed E-state index contributed by atoms with van der Waals surface area (Å²) in [7, 11) is -1.63. The van der Waals surface area contributed by atoms with Crippen LogP contribution in [0.2, 0.25) is 0 Å². The summed E-state index contributed by atoms with van der Waals surface area (Å²) in [4.78, 5) is 0. The van der Waals surface area contributed by atoms with Crippen LogP contribution in [0.4, 0.5) is 0 Å². The largest absolute Gasteiger partial charge is 1.00 e. The molecule has 0 atom stereocenters. The van der Waals surface area contributed by atoms with E-state index in [2.05, 4.69) is 124 Å². The summed E-state index contributed by atoms with van der Waals surface area (Å²) >= 11 is 2.31. The third-order valence-electron chi connectivity index (χ3n) is 4.54. The lowest BCUT2D eigenvalue weighted by molar-refractivity contribution is -0.00000473. The quantitative estimate of drug-likeness (QED) is 0.229. The van der Waals surface area contributed by atoms with Crippen LogP contribution < -0.4 is 39.9 Å². The molecule has 26 heavy (non-hydrogen) atoms. The second kappa shape index (κ2) is 11.2. The summed E-state index contributed by atoms with van der Waals surface area (Å²) in [5, 5.41) is 4.43. The van der Waals surface area contributed by atoms with Gasteiger partial charge in [-0.2, -0.15) is 0 Å². The molecular formula is C23H23I2P. The molecule has 0 spiro atoms. The molecule has 0 unspecified atom stereocenters. The van der Waals surface area contributed by atoms with E-state index in [-0.39, 0.29) is 24.0 Å². The third-order valence-corrected chi connectivity index (χ3v) is 9.58. The highest BCUT2D eigenvalue weighted by molar-refractivity contribution is 14.1. The number of hydrogen-bond donors (Lipinski definition) is 0. The Hall–Kier alpha value is -0.710. The van der Waals surface area contributed by atoms with Crippen LogP contribution in [0.25, 0.3) is 0 Å². The minimum Gasteiger partial charge on any atom is -1.00 e. The Morgan fingerprint density at radius 2 is 1.04 bits per heavy atom. The Morgan fingerprint density at radius 3 is 1.38 bits per heavy atom. The fourth-order valence-electron chi connectivity index (χ4n) is 3.39. The summed E-state index contributed by atoms with van der Waals surface area (Å²) in [6.07, 6.45) is 5.81. The molecule has 0 fully saturated rings. The molecule has 0 aliphatic heterocycles. The van der Waals surface area contributed by atoms with Crippen molar-refractivity contribution in [3.05, 3.63) is 101 Å². The summed E-state index contributed by atoms with van der Waals surface area (Å²) in [5.41, 5.74) is 0. The van der Waals surface area contributed by atoms with Gasteiger partial charge in [0.25, 0.3) is 0 Å². The zero-order valence-electron chi connectivity index (χ0n) is 14.6. The van der Waals surface area contributed by atoms with Crippen molar-refractivity contribution in [1.29, 1.82) is 0 Å². The monoisotopic (exact) mass is 580 g/mol. The molecule has 0 aliphatic rings. The highest BCUT2D eigenvalue weighted by Crippen LogP contribution is 2.55. The third kappa shape index (κ3) is 4.96. The van der Waals surface area contributed by atoms with E-state index in [1.54, 1.807) is 0 Å². The van der Waals surface area contributed by atoms with Crippen LogP contribution in [0.3, 0.4) is 0 Å². The van der Waals surface area contributed by atoms with Crippen LogP contribution in [0.5, 0.6) is 0 Å². The Kier molecular flexibility index (Phi) is 9.30. The van der Waals surface area contributed by atoms with Gasteiger partial charge in [-0.05, 0) is 53.3 Å². The molecule has 3 rings (SSSR count). The van der Waals surface area contributed by atoms with E-state index in [4.69, 9.17) is 0 Å². The molecule has 3 heteroatoms. The molecule has 3 aromatic carbocycles. The van der Waals surface area contributed by atoms with Crippen LogP contribution in [-0.2, 0) is 0 Å². The molecule has 3 aromatic rings. The summed E-state index contributed by atoms with van der Waals surface area (Å²) < 4.78 is 2.13. The first kappa shape index (κ1) is 21.6. The van der Waals surface area contributed by atoms with Gasteiger partial charge in [0, 0.05) is 0 Å². The minimum atomic E-state index is -1.63. The van der Waals surface area contributed by atoms with Gasteiger partial charge >= 0.3 is 0 Å². The summed E-state index contributed by atoms with van der Waals surface area (Å²) in [6.45, 7) is 0. The standard InChI is InChI=1S/C23H23IP.HI/c24-19-11-4-12-20-25(21-13-5-1-6-14-21,22-15-7-2-8-16-22)23-17-9-3-10-18-23;/h1-3,5-11,13-19H,4,12,20H2;1H/q+1;/p-1/b19-11+;/i24-4;. The van der Waals surface area contributed by atoms with Gasteiger partial charge in [-0.25, -0.2) is 0 Å². The zero-order chi connectivity index (χ0) is 17.4. The van der Waals surface area contributed by atoms with Crippen LogP contribution in [-0.4, -0.2) is 6.16 Å². The molecule has 0 aromatic heterocycles. The van der Waals surface area contributed by atoms with E-state index < -0.39 is 7.26 Å². The van der Waals surface area contributed by atoms with Crippen LogP contribution in [0.15, 0.2) is 101 Å². The fraction of sp³-hybridized carbons (Fsp3) is 0.130. The van der Waals surface area contributed by atoms with E-state index in [1.165, 1.54) is 28.5 Å². The molecule has 0 saturated carbocycles. The van der Waals surface area contributed by atoms with Gasteiger partial charge in [-0.1, -0.05) is 83.3 Å². The highest BCUT2D eigenvalue weighted by atomic mass is 127. The molecule has 0 heterocycles. The van der Waals surface area contributed by atoms with E-state index in [0.717, 1.165) is 6.42 Å². The van der Waals surface area contributed by atoms with E-state index >= 15 is 0 Å². The van der Waals surface area contributed by atoms with Gasteiger partial charge in [0.1, 0.15) is 23.2 Å². The SMILES string of the molecule is [123I]/C=C/CCC[P+](c1ccccc1)(c1ccccc1)c1ccccc1.[I-].